The van der Waals surface area contributed by atoms with Crippen LogP contribution < -0.4 is 11.1 Å². The molecule has 2 nitrogen and oxygen atoms in total. The first-order valence-electron chi connectivity index (χ1n) is 5.83. The molecule has 0 atom stereocenters. The molecule has 0 bridgehead atoms. The lowest BCUT2D eigenvalue weighted by molar-refractivity contribution is 0.456. The van der Waals surface area contributed by atoms with Crippen LogP contribution in [0.4, 0.5) is 8.78 Å². The normalized spacial score (nSPS) is 11.8. The van der Waals surface area contributed by atoms with Crippen molar-refractivity contribution in [3.63, 3.8) is 0 Å². The highest BCUT2D eigenvalue weighted by Crippen LogP contribution is 2.23. The van der Waals surface area contributed by atoms with Crippen LogP contribution in [0.2, 0.25) is 0 Å². The molecule has 1 aromatic carbocycles. The highest BCUT2D eigenvalue weighted by molar-refractivity contribution is 5.25. The summed E-state index contributed by atoms with van der Waals surface area (Å²) in [4.78, 5) is 0. The topological polar surface area (TPSA) is 38.0 Å². The molecule has 0 heterocycles. The average Bonchev–Trinajstić information content (AvgIpc) is 2.28. The Bertz CT molecular complexity index is 364. The number of hydrogen-bond acceptors (Lipinski definition) is 2. The number of nitrogens with two attached hydrogens (primary N) is 1. The van der Waals surface area contributed by atoms with Crippen LogP contribution in [-0.4, -0.2) is 19.6 Å². The monoisotopic (exact) mass is 242 g/mol. The Balaban J connectivity index is 2.64. The van der Waals surface area contributed by atoms with Crippen molar-refractivity contribution >= 4 is 0 Å². The Morgan fingerprint density at radius 2 is 1.94 bits per heavy atom. The Morgan fingerprint density at radius 1 is 1.24 bits per heavy atom. The fraction of sp³-hybridized carbons (Fsp3) is 0.538. The van der Waals surface area contributed by atoms with E-state index in [1.54, 1.807) is 6.07 Å². The molecule has 0 aliphatic heterocycles. The third-order valence-corrected chi connectivity index (χ3v) is 2.83. The third kappa shape index (κ3) is 4.06. The minimum absolute atomic E-state index is 0.233. The molecule has 0 spiro atoms. The first-order valence-corrected chi connectivity index (χ1v) is 5.83. The first-order chi connectivity index (χ1) is 7.97. The van der Waals surface area contributed by atoms with Gasteiger partial charge in [0, 0.05) is 12.0 Å². The molecule has 0 amide bonds. The molecule has 1 aromatic rings. The summed E-state index contributed by atoms with van der Waals surface area (Å²) < 4.78 is 26.0. The van der Waals surface area contributed by atoms with Gasteiger partial charge in [-0.15, -0.1) is 0 Å². The van der Waals surface area contributed by atoms with E-state index in [4.69, 9.17) is 5.73 Å². The second-order valence-electron chi connectivity index (χ2n) is 4.83. The van der Waals surface area contributed by atoms with Crippen molar-refractivity contribution in [1.82, 2.24) is 5.32 Å². The summed E-state index contributed by atoms with van der Waals surface area (Å²) in [5.74, 6) is -1.60. The number of halogens is 2. The second-order valence-corrected chi connectivity index (χ2v) is 4.83. The maximum atomic E-state index is 13.1. The van der Waals surface area contributed by atoms with Crippen LogP contribution in [0.25, 0.3) is 0 Å². The van der Waals surface area contributed by atoms with Crippen molar-refractivity contribution in [1.29, 1.82) is 0 Å². The van der Waals surface area contributed by atoms with Crippen molar-refractivity contribution in [3.05, 3.63) is 35.4 Å². The highest BCUT2D eigenvalue weighted by atomic mass is 19.2. The predicted octanol–water partition coefficient (Wildman–Crippen LogP) is 2.18. The Labute approximate surface area is 101 Å². The maximum absolute atomic E-state index is 13.1. The molecule has 0 saturated carbocycles. The van der Waals surface area contributed by atoms with Gasteiger partial charge in [0.15, 0.2) is 11.6 Å². The summed E-state index contributed by atoms with van der Waals surface area (Å²) in [6.07, 6.45) is 0.911. The lowest BCUT2D eigenvalue weighted by Crippen LogP contribution is -2.34. The van der Waals surface area contributed by atoms with E-state index in [9.17, 15) is 8.78 Å². The molecule has 0 radical (unpaired) electrons. The van der Waals surface area contributed by atoms with Crippen LogP contribution in [0.15, 0.2) is 18.2 Å². The van der Waals surface area contributed by atoms with E-state index in [0.29, 0.717) is 13.1 Å². The quantitative estimate of drug-likeness (QED) is 0.750. The zero-order valence-electron chi connectivity index (χ0n) is 10.4. The van der Waals surface area contributed by atoms with E-state index in [0.717, 1.165) is 18.5 Å². The fourth-order valence-electron chi connectivity index (χ4n) is 1.65. The van der Waals surface area contributed by atoms with Crippen LogP contribution >= 0.6 is 0 Å². The van der Waals surface area contributed by atoms with Crippen LogP contribution in [0.1, 0.15) is 25.8 Å². The largest absolute Gasteiger partial charge is 0.330 e. The highest BCUT2D eigenvalue weighted by Gasteiger charge is 2.21. The number of hydrogen-bond donors (Lipinski definition) is 2. The van der Waals surface area contributed by atoms with E-state index < -0.39 is 11.6 Å². The number of nitrogens with one attached hydrogen (secondary N) is 1. The van der Waals surface area contributed by atoms with E-state index in [1.165, 1.54) is 12.1 Å². The molecule has 0 aliphatic carbocycles. The molecule has 1 rings (SSSR count). The van der Waals surface area contributed by atoms with Gasteiger partial charge in [-0.2, -0.15) is 0 Å². The Hall–Kier alpha value is -1.00. The summed E-state index contributed by atoms with van der Waals surface area (Å²) in [5, 5.41) is 3.26. The molecule has 4 heteroatoms. The van der Waals surface area contributed by atoms with Gasteiger partial charge in [-0.05, 0) is 37.2 Å². The third-order valence-electron chi connectivity index (χ3n) is 2.83. The van der Waals surface area contributed by atoms with Gasteiger partial charge in [-0.25, -0.2) is 8.78 Å². The molecule has 3 N–H and O–H groups in total. The van der Waals surface area contributed by atoms with E-state index in [2.05, 4.69) is 5.32 Å². The summed E-state index contributed by atoms with van der Waals surface area (Å²) in [6.45, 7) is 6.19. The van der Waals surface area contributed by atoms with Crippen molar-refractivity contribution in [2.24, 2.45) is 5.73 Å². The van der Waals surface area contributed by atoms with Gasteiger partial charge in [0.1, 0.15) is 0 Å². The Kier molecular flexibility index (Phi) is 5.02. The SMILES string of the molecule is CC(C)(CNCCCN)c1ccc(F)c(F)c1. The summed E-state index contributed by atoms with van der Waals surface area (Å²) >= 11 is 0. The average molecular weight is 242 g/mol. The van der Waals surface area contributed by atoms with Gasteiger partial charge >= 0.3 is 0 Å². The lowest BCUT2D eigenvalue weighted by atomic mass is 9.84. The van der Waals surface area contributed by atoms with Gasteiger partial charge < -0.3 is 11.1 Å². The molecule has 0 aliphatic rings. The van der Waals surface area contributed by atoms with Crippen molar-refractivity contribution < 1.29 is 8.78 Å². The molecule has 0 fully saturated rings. The summed E-state index contributed by atoms with van der Waals surface area (Å²) in [7, 11) is 0. The zero-order valence-corrected chi connectivity index (χ0v) is 10.4. The van der Waals surface area contributed by atoms with Gasteiger partial charge in [0.2, 0.25) is 0 Å². The molecule has 0 unspecified atom stereocenters. The van der Waals surface area contributed by atoms with Gasteiger partial charge in [0.05, 0.1) is 0 Å². The van der Waals surface area contributed by atoms with Crippen LogP contribution in [0.3, 0.4) is 0 Å². The summed E-state index contributed by atoms with van der Waals surface area (Å²) in [6, 6.07) is 4.06. The lowest BCUT2D eigenvalue weighted by Gasteiger charge is -2.26. The van der Waals surface area contributed by atoms with E-state index >= 15 is 0 Å². The van der Waals surface area contributed by atoms with E-state index in [1.807, 2.05) is 13.8 Å². The Morgan fingerprint density at radius 3 is 2.53 bits per heavy atom. The second kappa shape index (κ2) is 6.07. The number of benzene rings is 1. The van der Waals surface area contributed by atoms with Crippen molar-refractivity contribution in [3.8, 4) is 0 Å². The number of rotatable bonds is 6. The van der Waals surface area contributed by atoms with Gasteiger partial charge in [-0.1, -0.05) is 19.9 Å². The molecule has 0 aromatic heterocycles. The van der Waals surface area contributed by atoms with E-state index in [-0.39, 0.29) is 5.41 Å². The minimum atomic E-state index is -0.805. The molecular formula is C13H20F2N2. The molecular weight excluding hydrogens is 222 g/mol. The predicted molar refractivity (Wildman–Crippen MR) is 65.9 cm³/mol. The zero-order chi connectivity index (χ0) is 12.9. The van der Waals surface area contributed by atoms with Crippen LogP contribution in [0.5, 0.6) is 0 Å². The first kappa shape index (κ1) is 14.1. The fourth-order valence-corrected chi connectivity index (χ4v) is 1.65. The van der Waals surface area contributed by atoms with Gasteiger partial charge in [-0.3, -0.25) is 0 Å². The summed E-state index contributed by atoms with van der Waals surface area (Å²) in [5.41, 5.74) is 5.95. The molecule has 17 heavy (non-hydrogen) atoms. The minimum Gasteiger partial charge on any atom is -0.330 e. The molecule has 0 saturated heterocycles. The standard InChI is InChI=1S/C13H20F2N2/c1-13(2,9-17-7-3-6-16)10-4-5-11(14)12(15)8-10/h4-5,8,17H,3,6-7,9,16H2,1-2H3. The smallest absolute Gasteiger partial charge is 0.159 e. The van der Waals surface area contributed by atoms with Crippen molar-refractivity contribution in [2.45, 2.75) is 25.7 Å². The maximum Gasteiger partial charge on any atom is 0.159 e. The van der Waals surface area contributed by atoms with Crippen LogP contribution in [-0.2, 0) is 5.41 Å². The molecule has 96 valence electrons. The van der Waals surface area contributed by atoms with Crippen molar-refractivity contribution in [2.75, 3.05) is 19.6 Å². The van der Waals surface area contributed by atoms with Gasteiger partial charge in [0.25, 0.3) is 0 Å². The van der Waals surface area contributed by atoms with Crippen LogP contribution in [0, 0.1) is 11.6 Å².